The second kappa shape index (κ2) is 8.57. The number of nitrogens with zero attached hydrogens (tertiary/aromatic N) is 2. The van der Waals surface area contributed by atoms with Crippen molar-refractivity contribution in [3.8, 4) is 11.5 Å². The highest BCUT2D eigenvalue weighted by Crippen LogP contribution is 2.42. The van der Waals surface area contributed by atoms with Gasteiger partial charge in [0, 0.05) is 23.5 Å². The van der Waals surface area contributed by atoms with Gasteiger partial charge in [0.2, 0.25) is 0 Å². The largest absolute Gasteiger partial charge is 0.493 e. The number of rotatable bonds is 8. The number of benzene rings is 2. The SMILES string of the molecule is COc1ccccc1OCCN1C(=O)C(O)(CC(=O)c2cccnc2)c2ccccc21. The Labute approximate surface area is 179 Å². The highest BCUT2D eigenvalue weighted by Gasteiger charge is 2.50. The molecule has 2 heterocycles. The zero-order chi connectivity index (χ0) is 21.8. The van der Waals surface area contributed by atoms with Crippen molar-refractivity contribution in [2.45, 2.75) is 12.0 Å². The number of hydrogen-bond acceptors (Lipinski definition) is 6. The van der Waals surface area contributed by atoms with Crippen LogP contribution in [-0.4, -0.2) is 42.0 Å². The fourth-order valence-corrected chi connectivity index (χ4v) is 3.75. The van der Waals surface area contributed by atoms with Crippen LogP contribution in [0.4, 0.5) is 5.69 Å². The first kappa shape index (κ1) is 20.6. The van der Waals surface area contributed by atoms with Crippen molar-refractivity contribution in [3.05, 3.63) is 84.2 Å². The third-order valence-corrected chi connectivity index (χ3v) is 5.28. The lowest BCUT2D eigenvalue weighted by molar-refractivity contribution is -0.135. The standard InChI is InChI=1S/C24H22N2O5/c1-30-21-10-4-5-11-22(21)31-14-13-26-19-9-3-2-8-18(19)24(29,23(26)28)15-20(27)17-7-6-12-25-16-17/h2-12,16,29H,13-15H2,1H3. The molecule has 31 heavy (non-hydrogen) atoms. The summed E-state index contributed by atoms with van der Waals surface area (Å²) in [4.78, 5) is 31.4. The maximum Gasteiger partial charge on any atom is 0.264 e. The lowest BCUT2D eigenvalue weighted by Gasteiger charge is -2.23. The molecule has 0 fully saturated rings. The zero-order valence-electron chi connectivity index (χ0n) is 17.0. The molecule has 0 saturated carbocycles. The number of pyridine rings is 1. The van der Waals surface area contributed by atoms with Crippen LogP contribution in [-0.2, 0) is 10.4 Å². The van der Waals surface area contributed by atoms with Crippen molar-refractivity contribution < 1.29 is 24.2 Å². The summed E-state index contributed by atoms with van der Waals surface area (Å²) in [5.41, 5.74) is -0.611. The second-order valence-corrected chi connectivity index (χ2v) is 7.18. The Morgan fingerprint density at radius 1 is 1.06 bits per heavy atom. The number of ketones is 1. The number of para-hydroxylation sites is 3. The van der Waals surface area contributed by atoms with Gasteiger partial charge in [-0.15, -0.1) is 0 Å². The molecule has 1 amide bonds. The quantitative estimate of drug-likeness (QED) is 0.566. The fraction of sp³-hybridized carbons (Fsp3) is 0.208. The Morgan fingerprint density at radius 2 is 1.81 bits per heavy atom. The molecule has 0 aliphatic carbocycles. The minimum Gasteiger partial charge on any atom is -0.493 e. The highest BCUT2D eigenvalue weighted by molar-refractivity contribution is 6.10. The van der Waals surface area contributed by atoms with E-state index >= 15 is 0 Å². The van der Waals surface area contributed by atoms with E-state index in [2.05, 4.69) is 4.98 Å². The van der Waals surface area contributed by atoms with Crippen LogP contribution in [0.25, 0.3) is 0 Å². The Morgan fingerprint density at radius 3 is 2.55 bits per heavy atom. The molecule has 0 bridgehead atoms. The molecule has 4 rings (SSSR count). The van der Waals surface area contributed by atoms with Crippen molar-refractivity contribution in [3.63, 3.8) is 0 Å². The predicted octanol–water partition coefficient (Wildman–Crippen LogP) is 2.98. The van der Waals surface area contributed by atoms with E-state index in [-0.39, 0.29) is 25.4 Å². The Balaban J connectivity index is 1.54. The van der Waals surface area contributed by atoms with Gasteiger partial charge in [0.1, 0.15) is 6.61 Å². The molecule has 7 nitrogen and oxygen atoms in total. The average Bonchev–Trinajstić information content (AvgIpc) is 3.02. The summed E-state index contributed by atoms with van der Waals surface area (Å²) in [6, 6.07) is 17.4. The van der Waals surface area contributed by atoms with Gasteiger partial charge in [-0.25, -0.2) is 0 Å². The first-order valence-corrected chi connectivity index (χ1v) is 9.87. The number of Topliss-reactive ketones (excluding diaryl/α,β-unsaturated/α-hetero) is 1. The van der Waals surface area contributed by atoms with Crippen LogP contribution in [0.5, 0.6) is 11.5 Å². The van der Waals surface area contributed by atoms with E-state index in [0.717, 1.165) is 0 Å². The summed E-state index contributed by atoms with van der Waals surface area (Å²) in [5.74, 6) is 0.251. The number of carbonyl (C=O) groups is 2. The normalized spacial score (nSPS) is 17.4. The summed E-state index contributed by atoms with van der Waals surface area (Å²) in [6.45, 7) is 0.393. The lowest BCUT2D eigenvalue weighted by atomic mass is 9.88. The minimum atomic E-state index is -1.94. The molecule has 1 aliphatic rings. The molecule has 0 saturated heterocycles. The average molecular weight is 418 g/mol. The van der Waals surface area contributed by atoms with Crippen molar-refractivity contribution >= 4 is 17.4 Å². The first-order chi connectivity index (χ1) is 15.0. The lowest BCUT2D eigenvalue weighted by Crippen LogP contribution is -2.43. The van der Waals surface area contributed by atoms with E-state index in [4.69, 9.17) is 9.47 Å². The van der Waals surface area contributed by atoms with Crippen molar-refractivity contribution in [1.29, 1.82) is 0 Å². The predicted molar refractivity (Wildman–Crippen MR) is 114 cm³/mol. The van der Waals surface area contributed by atoms with Gasteiger partial charge < -0.3 is 19.5 Å². The monoisotopic (exact) mass is 418 g/mol. The summed E-state index contributed by atoms with van der Waals surface area (Å²) in [7, 11) is 1.56. The molecular weight excluding hydrogens is 396 g/mol. The van der Waals surface area contributed by atoms with Crippen LogP contribution >= 0.6 is 0 Å². The highest BCUT2D eigenvalue weighted by atomic mass is 16.5. The molecule has 1 aliphatic heterocycles. The van der Waals surface area contributed by atoms with E-state index in [1.807, 2.05) is 12.1 Å². The van der Waals surface area contributed by atoms with E-state index in [9.17, 15) is 14.7 Å². The maximum atomic E-state index is 13.2. The molecule has 158 valence electrons. The van der Waals surface area contributed by atoms with Crippen LogP contribution < -0.4 is 14.4 Å². The van der Waals surface area contributed by atoms with E-state index in [1.165, 1.54) is 11.1 Å². The summed E-state index contributed by atoms with van der Waals surface area (Å²) in [6.07, 6.45) is 2.62. The van der Waals surface area contributed by atoms with Gasteiger partial charge in [-0.1, -0.05) is 30.3 Å². The van der Waals surface area contributed by atoms with Gasteiger partial charge in [0.05, 0.1) is 25.8 Å². The van der Waals surface area contributed by atoms with Gasteiger partial charge in [0.15, 0.2) is 22.9 Å². The molecule has 1 N–H and O–H groups in total. The molecule has 1 aromatic heterocycles. The van der Waals surface area contributed by atoms with Gasteiger partial charge in [-0.05, 0) is 30.3 Å². The smallest absolute Gasteiger partial charge is 0.264 e. The number of aliphatic hydroxyl groups is 1. The van der Waals surface area contributed by atoms with E-state index < -0.39 is 11.5 Å². The number of aromatic nitrogens is 1. The minimum absolute atomic E-state index is 0.188. The number of carbonyl (C=O) groups excluding carboxylic acids is 2. The summed E-state index contributed by atoms with van der Waals surface area (Å²) < 4.78 is 11.1. The van der Waals surface area contributed by atoms with Crippen LogP contribution in [0.1, 0.15) is 22.3 Å². The van der Waals surface area contributed by atoms with Crippen LogP contribution in [0, 0.1) is 0 Å². The Hall–Kier alpha value is -3.71. The van der Waals surface area contributed by atoms with Gasteiger partial charge in [-0.3, -0.25) is 14.6 Å². The van der Waals surface area contributed by atoms with Crippen LogP contribution in [0.3, 0.4) is 0 Å². The van der Waals surface area contributed by atoms with Gasteiger partial charge in [-0.2, -0.15) is 0 Å². The zero-order valence-corrected chi connectivity index (χ0v) is 17.0. The molecule has 0 radical (unpaired) electrons. The maximum absolute atomic E-state index is 13.2. The van der Waals surface area contributed by atoms with E-state index in [0.29, 0.717) is 28.3 Å². The van der Waals surface area contributed by atoms with Crippen molar-refractivity contribution in [2.75, 3.05) is 25.2 Å². The molecule has 3 aromatic rings. The molecule has 1 atom stereocenters. The number of anilines is 1. The molecule has 2 aromatic carbocycles. The van der Waals surface area contributed by atoms with Crippen molar-refractivity contribution in [1.82, 2.24) is 4.98 Å². The third kappa shape index (κ3) is 3.87. The Kier molecular flexibility index (Phi) is 5.68. The number of hydrogen-bond donors (Lipinski definition) is 1. The van der Waals surface area contributed by atoms with Gasteiger partial charge in [0.25, 0.3) is 5.91 Å². The molecular formula is C24H22N2O5. The van der Waals surface area contributed by atoms with E-state index in [1.54, 1.807) is 61.8 Å². The Bertz CT molecular complexity index is 1100. The molecule has 7 heteroatoms. The number of fused-ring (bicyclic) bond motifs is 1. The number of ether oxygens (including phenoxy) is 2. The van der Waals surface area contributed by atoms with Crippen LogP contribution in [0.15, 0.2) is 73.1 Å². The third-order valence-electron chi connectivity index (χ3n) is 5.28. The van der Waals surface area contributed by atoms with Crippen LogP contribution in [0.2, 0.25) is 0 Å². The number of amides is 1. The summed E-state index contributed by atoms with van der Waals surface area (Å²) in [5, 5.41) is 11.3. The van der Waals surface area contributed by atoms with Crippen molar-refractivity contribution in [2.24, 2.45) is 0 Å². The second-order valence-electron chi connectivity index (χ2n) is 7.18. The molecule has 1 unspecified atom stereocenters. The summed E-state index contributed by atoms with van der Waals surface area (Å²) >= 11 is 0. The molecule has 0 spiro atoms. The fourth-order valence-electron chi connectivity index (χ4n) is 3.75. The topological polar surface area (TPSA) is 89.0 Å². The first-order valence-electron chi connectivity index (χ1n) is 9.87. The number of methoxy groups -OCH3 is 1. The van der Waals surface area contributed by atoms with Gasteiger partial charge >= 0.3 is 0 Å².